The Kier molecular flexibility index (Phi) is 7.40. The zero-order chi connectivity index (χ0) is 25.3. The van der Waals surface area contributed by atoms with Crippen LogP contribution in [0.1, 0.15) is 48.5 Å². The molecule has 1 saturated carbocycles. The van der Waals surface area contributed by atoms with Crippen molar-refractivity contribution in [3.8, 4) is 0 Å². The van der Waals surface area contributed by atoms with Gasteiger partial charge in [0.2, 0.25) is 11.8 Å². The first-order valence-corrected chi connectivity index (χ1v) is 13.5. The molecule has 0 bridgehead atoms. The van der Waals surface area contributed by atoms with E-state index in [9.17, 15) is 22.8 Å². The van der Waals surface area contributed by atoms with Gasteiger partial charge in [-0.3, -0.25) is 14.4 Å². The number of sulfonamides is 1. The van der Waals surface area contributed by atoms with Crippen LogP contribution >= 0.6 is 23.2 Å². The number of nitrogens with zero attached hydrogens (tertiary/aromatic N) is 2. The summed E-state index contributed by atoms with van der Waals surface area (Å²) >= 11 is 12.6. The number of hydrogen-bond donors (Lipinski definition) is 1. The van der Waals surface area contributed by atoms with Crippen LogP contribution in [0.2, 0.25) is 10.0 Å². The van der Waals surface area contributed by atoms with Gasteiger partial charge in [0.25, 0.3) is 15.9 Å². The van der Waals surface area contributed by atoms with Gasteiger partial charge in [-0.05, 0) is 44.0 Å². The molecule has 4 rings (SSSR count). The van der Waals surface area contributed by atoms with Gasteiger partial charge in [0.05, 0.1) is 5.56 Å². The smallest absolute Gasteiger partial charge is 0.269 e. The summed E-state index contributed by atoms with van der Waals surface area (Å²) in [6.45, 7) is 0.673. The van der Waals surface area contributed by atoms with E-state index in [4.69, 9.17) is 23.2 Å². The van der Waals surface area contributed by atoms with E-state index in [-0.39, 0.29) is 29.0 Å². The minimum Gasteiger partial charge on any atom is -0.352 e. The van der Waals surface area contributed by atoms with Gasteiger partial charge in [-0.25, -0.2) is 12.7 Å². The molecule has 3 amide bonds. The lowest BCUT2D eigenvalue weighted by Crippen LogP contribution is -2.52. The number of amides is 3. The fourth-order valence-electron chi connectivity index (χ4n) is 4.43. The summed E-state index contributed by atoms with van der Waals surface area (Å²) in [6, 6.07) is 9.74. The summed E-state index contributed by atoms with van der Waals surface area (Å²) in [7, 11) is -4.19. The molecule has 186 valence electrons. The molecule has 0 saturated heterocycles. The average Bonchev–Trinajstić information content (AvgIpc) is 3.40. The molecule has 1 heterocycles. The van der Waals surface area contributed by atoms with E-state index in [0.717, 1.165) is 25.7 Å². The molecule has 0 spiro atoms. The maximum Gasteiger partial charge on any atom is 0.269 e. The highest BCUT2D eigenvalue weighted by molar-refractivity contribution is 7.90. The molecule has 2 aromatic rings. The predicted octanol–water partition coefficient (Wildman–Crippen LogP) is 3.61. The standard InChI is InChI=1S/C24H25Cl2N3O5S/c1-15(23(31)27-16-7-2-3-8-16)28(13-18-19(25)10-6-11-20(18)26)22(30)14-29-24(32)17-9-4-5-12-21(17)35(29,33)34/h4-6,9-12,15-16H,2-3,7-8,13-14H2,1H3,(H,27,31)/t15-/m1/s1. The van der Waals surface area contributed by atoms with Crippen molar-refractivity contribution in [3.05, 3.63) is 63.6 Å². The lowest BCUT2D eigenvalue weighted by Gasteiger charge is -2.31. The molecule has 1 aliphatic heterocycles. The summed E-state index contributed by atoms with van der Waals surface area (Å²) in [5, 5.41) is 3.57. The van der Waals surface area contributed by atoms with Crippen LogP contribution in [0.15, 0.2) is 47.4 Å². The third kappa shape index (κ3) is 5.03. The number of rotatable bonds is 7. The van der Waals surface area contributed by atoms with Gasteiger partial charge < -0.3 is 10.2 Å². The second-order valence-corrected chi connectivity index (χ2v) is 11.3. The topological polar surface area (TPSA) is 104 Å². The Hall–Kier alpha value is -2.62. The lowest BCUT2D eigenvalue weighted by atomic mass is 10.1. The van der Waals surface area contributed by atoms with E-state index in [2.05, 4.69) is 5.32 Å². The maximum absolute atomic E-state index is 13.5. The summed E-state index contributed by atoms with van der Waals surface area (Å²) < 4.78 is 26.5. The number of hydrogen-bond acceptors (Lipinski definition) is 5. The Balaban J connectivity index is 1.62. The van der Waals surface area contributed by atoms with E-state index in [1.807, 2.05) is 0 Å². The summed E-state index contributed by atoms with van der Waals surface area (Å²) in [5.41, 5.74) is 0.427. The number of halogens is 2. The van der Waals surface area contributed by atoms with Gasteiger partial charge in [-0.1, -0.05) is 54.2 Å². The van der Waals surface area contributed by atoms with Gasteiger partial charge >= 0.3 is 0 Å². The molecule has 11 heteroatoms. The SMILES string of the molecule is C[C@H](C(=O)NC1CCCC1)N(Cc1c(Cl)cccc1Cl)C(=O)CN1C(=O)c2ccccc2S1(=O)=O. The average molecular weight is 538 g/mol. The number of nitrogens with one attached hydrogen (secondary N) is 1. The van der Waals surface area contributed by atoms with Crippen LogP contribution in [0.3, 0.4) is 0 Å². The van der Waals surface area contributed by atoms with E-state index in [1.165, 1.54) is 23.1 Å². The Morgan fingerprint density at radius 2 is 1.71 bits per heavy atom. The molecule has 0 aromatic heterocycles. The third-order valence-electron chi connectivity index (χ3n) is 6.45. The van der Waals surface area contributed by atoms with Crippen LogP contribution < -0.4 is 5.32 Å². The van der Waals surface area contributed by atoms with Crippen molar-refractivity contribution in [3.63, 3.8) is 0 Å². The molecule has 8 nitrogen and oxygen atoms in total. The van der Waals surface area contributed by atoms with Crippen LogP contribution in [0.4, 0.5) is 0 Å². The Bertz CT molecular complexity index is 1260. The van der Waals surface area contributed by atoms with E-state index in [1.54, 1.807) is 31.2 Å². The predicted molar refractivity (Wildman–Crippen MR) is 132 cm³/mol. The van der Waals surface area contributed by atoms with Crippen molar-refractivity contribution in [1.82, 2.24) is 14.5 Å². The van der Waals surface area contributed by atoms with Crippen molar-refractivity contribution < 1.29 is 22.8 Å². The fourth-order valence-corrected chi connectivity index (χ4v) is 6.46. The Labute approximate surface area is 214 Å². The zero-order valence-electron chi connectivity index (χ0n) is 19.0. The molecule has 35 heavy (non-hydrogen) atoms. The van der Waals surface area contributed by atoms with Crippen molar-refractivity contribution in [2.24, 2.45) is 0 Å². The number of carbonyl (C=O) groups is 3. The number of benzene rings is 2. The summed E-state index contributed by atoms with van der Waals surface area (Å²) in [5.74, 6) is -1.88. The normalized spacial score (nSPS) is 17.8. The summed E-state index contributed by atoms with van der Waals surface area (Å²) in [6.07, 6.45) is 3.77. The molecule has 2 aromatic carbocycles. The molecular formula is C24H25Cl2N3O5S. The van der Waals surface area contributed by atoms with Crippen LogP contribution in [-0.2, 0) is 26.2 Å². The fraction of sp³-hybridized carbons (Fsp3) is 0.375. The highest BCUT2D eigenvalue weighted by Crippen LogP contribution is 2.31. The second kappa shape index (κ2) is 10.2. The van der Waals surface area contributed by atoms with Crippen molar-refractivity contribution >= 4 is 50.9 Å². The zero-order valence-corrected chi connectivity index (χ0v) is 21.4. The minimum atomic E-state index is -4.19. The molecule has 1 fully saturated rings. The quantitative estimate of drug-likeness (QED) is 0.580. The van der Waals surface area contributed by atoms with Gasteiger partial charge in [-0.2, -0.15) is 0 Å². The monoisotopic (exact) mass is 537 g/mol. The first-order valence-electron chi connectivity index (χ1n) is 11.3. The highest BCUT2D eigenvalue weighted by Gasteiger charge is 2.43. The molecule has 1 atom stereocenters. The Morgan fingerprint density at radius 3 is 2.34 bits per heavy atom. The number of fused-ring (bicyclic) bond motifs is 1. The van der Waals surface area contributed by atoms with Crippen molar-refractivity contribution in [2.45, 2.75) is 56.1 Å². The van der Waals surface area contributed by atoms with Crippen LogP contribution in [0.25, 0.3) is 0 Å². The van der Waals surface area contributed by atoms with Gasteiger partial charge in [-0.15, -0.1) is 0 Å². The Morgan fingerprint density at radius 1 is 1.09 bits per heavy atom. The number of carbonyl (C=O) groups excluding carboxylic acids is 3. The maximum atomic E-state index is 13.5. The first-order chi connectivity index (χ1) is 16.6. The molecule has 1 aliphatic carbocycles. The summed E-state index contributed by atoms with van der Waals surface area (Å²) in [4.78, 5) is 40.4. The molecule has 2 aliphatic rings. The van der Waals surface area contributed by atoms with Gasteiger partial charge in [0.1, 0.15) is 17.5 Å². The highest BCUT2D eigenvalue weighted by atomic mass is 35.5. The minimum absolute atomic E-state index is 0.00743. The second-order valence-electron chi connectivity index (χ2n) is 8.70. The van der Waals surface area contributed by atoms with E-state index >= 15 is 0 Å². The van der Waals surface area contributed by atoms with Crippen molar-refractivity contribution in [1.29, 1.82) is 0 Å². The third-order valence-corrected chi connectivity index (χ3v) is 8.95. The van der Waals surface area contributed by atoms with E-state index in [0.29, 0.717) is 19.9 Å². The molecule has 0 radical (unpaired) electrons. The first kappa shape index (κ1) is 25.5. The van der Waals surface area contributed by atoms with E-state index < -0.39 is 34.4 Å². The largest absolute Gasteiger partial charge is 0.352 e. The van der Waals surface area contributed by atoms with Gasteiger partial charge in [0.15, 0.2) is 0 Å². The molecular weight excluding hydrogens is 513 g/mol. The van der Waals surface area contributed by atoms with Crippen LogP contribution in [0, 0.1) is 0 Å². The van der Waals surface area contributed by atoms with Crippen LogP contribution in [-0.4, -0.2) is 54.0 Å². The molecule has 0 unspecified atom stereocenters. The van der Waals surface area contributed by atoms with Crippen molar-refractivity contribution in [2.75, 3.05) is 6.54 Å². The van der Waals surface area contributed by atoms with Crippen LogP contribution in [0.5, 0.6) is 0 Å². The molecule has 1 N–H and O–H groups in total. The van der Waals surface area contributed by atoms with Gasteiger partial charge in [0, 0.05) is 28.2 Å². The lowest BCUT2D eigenvalue weighted by molar-refractivity contribution is -0.140.